The fourth-order valence-corrected chi connectivity index (χ4v) is 5.22. The van der Waals surface area contributed by atoms with Crippen LogP contribution in [0.3, 0.4) is 0 Å². The number of fused-ring (bicyclic) bond motifs is 3. The second-order valence-corrected chi connectivity index (χ2v) is 8.45. The molecule has 0 amide bonds. The summed E-state index contributed by atoms with van der Waals surface area (Å²) < 4.78 is 3.25. The van der Waals surface area contributed by atoms with E-state index in [9.17, 15) is 4.79 Å². The van der Waals surface area contributed by atoms with Gasteiger partial charge in [-0.1, -0.05) is 18.2 Å². The van der Waals surface area contributed by atoms with Crippen molar-refractivity contribution in [3.8, 4) is 5.69 Å². The molecule has 0 aliphatic heterocycles. The highest BCUT2D eigenvalue weighted by Gasteiger charge is 2.20. The van der Waals surface area contributed by atoms with E-state index in [0.717, 1.165) is 52.1 Å². The molecule has 0 saturated carbocycles. The Hall–Kier alpha value is -3.06. The summed E-state index contributed by atoms with van der Waals surface area (Å²) in [5, 5.41) is 9.84. The topological polar surface area (TPSA) is 65.1 Å². The molecule has 6 nitrogen and oxygen atoms in total. The lowest BCUT2D eigenvalue weighted by Gasteiger charge is -2.09. The SMILES string of the molecule is Cc1nn(-c2ccccc2)c(C)c1/C=N/n1cnc2sc3c(c2c1=O)CCCC3. The molecule has 0 fully saturated rings. The van der Waals surface area contributed by atoms with Crippen molar-refractivity contribution >= 4 is 27.8 Å². The van der Waals surface area contributed by atoms with E-state index in [4.69, 9.17) is 0 Å². The van der Waals surface area contributed by atoms with E-state index in [-0.39, 0.29) is 5.56 Å². The molecule has 0 saturated heterocycles. The molecule has 0 radical (unpaired) electrons. The van der Waals surface area contributed by atoms with E-state index in [1.165, 1.54) is 27.9 Å². The van der Waals surface area contributed by atoms with Gasteiger partial charge in [0, 0.05) is 10.4 Å². The van der Waals surface area contributed by atoms with Crippen LogP contribution in [0.4, 0.5) is 0 Å². The molecule has 0 bridgehead atoms. The second kappa shape index (κ2) is 7.08. The van der Waals surface area contributed by atoms with Gasteiger partial charge in [-0.05, 0) is 57.2 Å². The van der Waals surface area contributed by atoms with Crippen LogP contribution in [0.25, 0.3) is 15.9 Å². The Bertz CT molecular complexity index is 1300. The third kappa shape index (κ3) is 3.02. The van der Waals surface area contributed by atoms with E-state index in [1.54, 1.807) is 17.6 Å². The first kappa shape index (κ1) is 18.0. The maximum atomic E-state index is 13.1. The number of rotatable bonds is 3. The lowest BCUT2D eigenvalue weighted by Crippen LogP contribution is -2.18. The molecule has 146 valence electrons. The molecule has 5 rings (SSSR count). The van der Waals surface area contributed by atoms with Gasteiger partial charge < -0.3 is 0 Å². The molecule has 0 unspecified atom stereocenters. The van der Waals surface area contributed by atoms with Gasteiger partial charge in [0.15, 0.2) is 0 Å². The average molecular weight is 404 g/mol. The van der Waals surface area contributed by atoms with Crippen LogP contribution in [0, 0.1) is 13.8 Å². The Kier molecular flexibility index (Phi) is 4.39. The van der Waals surface area contributed by atoms with Crippen LogP contribution in [0.2, 0.25) is 0 Å². The van der Waals surface area contributed by atoms with Crippen molar-refractivity contribution in [3.63, 3.8) is 0 Å². The number of hydrogen-bond acceptors (Lipinski definition) is 5. The molecule has 3 heterocycles. The Balaban J connectivity index is 1.56. The third-order valence-electron chi connectivity index (χ3n) is 5.52. The van der Waals surface area contributed by atoms with E-state index in [2.05, 4.69) is 15.2 Å². The van der Waals surface area contributed by atoms with E-state index in [1.807, 2.05) is 48.9 Å². The first-order valence-electron chi connectivity index (χ1n) is 9.81. The summed E-state index contributed by atoms with van der Waals surface area (Å²) in [5.74, 6) is 0. The standard InChI is InChI=1S/C22H21N5OS/c1-14-18(15(2)27(25-14)16-8-4-3-5-9-16)12-24-26-13-23-21-20(22(26)28)17-10-6-7-11-19(17)29-21/h3-5,8-9,12-13H,6-7,10-11H2,1-2H3/b24-12+. The summed E-state index contributed by atoms with van der Waals surface area (Å²) >= 11 is 1.65. The molecule has 0 atom stereocenters. The molecular weight excluding hydrogens is 382 g/mol. The summed E-state index contributed by atoms with van der Waals surface area (Å²) in [6.07, 6.45) is 7.57. The van der Waals surface area contributed by atoms with Crippen LogP contribution in [-0.4, -0.2) is 25.7 Å². The zero-order valence-electron chi connectivity index (χ0n) is 16.4. The summed E-state index contributed by atoms with van der Waals surface area (Å²) in [7, 11) is 0. The van der Waals surface area contributed by atoms with E-state index < -0.39 is 0 Å². The molecule has 4 aromatic rings. The first-order chi connectivity index (χ1) is 14.1. The summed E-state index contributed by atoms with van der Waals surface area (Å²) in [5.41, 5.74) is 4.85. The third-order valence-corrected chi connectivity index (χ3v) is 6.72. The van der Waals surface area contributed by atoms with Crippen molar-refractivity contribution < 1.29 is 0 Å². The number of para-hydroxylation sites is 1. The van der Waals surface area contributed by atoms with Crippen molar-refractivity contribution in [2.24, 2.45) is 5.10 Å². The highest BCUT2D eigenvalue weighted by molar-refractivity contribution is 7.18. The van der Waals surface area contributed by atoms with Crippen LogP contribution in [0.1, 0.15) is 40.2 Å². The normalized spacial score (nSPS) is 14.0. The van der Waals surface area contributed by atoms with E-state index >= 15 is 0 Å². The highest BCUT2D eigenvalue weighted by Crippen LogP contribution is 2.33. The first-order valence-corrected chi connectivity index (χ1v) is 10.6. The fourth-order valence-electron chi connectivity index (χ4n) is 4.00. The van der Waals surface area contributed by atoms with E-state index in [0.29, 0.717) is 0 Å². The van der Waals surface area contributed by atoms with Gasteiger partial charge in [-0.3, -0.25) is 4.79 Å². The number of thiophene rings is 1. The minimum absolute atomic E-state index is 0.0867. The predicted molar refractivity (Wildman–Crippen MR) is 117 cm³/mol. The number of aryl methyl sites for hydroxylation is 3. The number of nitrogens with zero attached hydrogens (tertiary/aromatic N) is 5. The number of benzene rings is 1. The molecule has 7 heteroatoms. The maximum Gasteiger partial charge on any atom is 0.282 e. The number of hydrogen-bond donors (Lipinski definition) is 0. The molecule has 29 heavy (non-hydrogen) atoms. The zero-order valence-corrected chi connectivity index (χ0v) is 17.2. The van der Waals surface area contributed by atoms with Gasteiger partial charge in [0.2, 0.25) is 0 Å². The predicted octanol–water partition coefficient (Wildman–Crippen LogP) is 4.02. The van der Waals surface area contributed by atoms with Crippen molar-refractivity contribution in [3.05, 3.63) is 74.4 Å². The van der Waals surface area contributed by atoms with Crippen molar-refractivity contribution in [1.82, 2.24) is 19.4 Å². The van der Waals surface area contributed by atoms with Gasteiger partial charge in [0.25, 0.3) is 5.56 Å². The molecule has 3 aromatic heterocycles. The minimum Gasteiger partial charge on any atom is -0.267 e. The number of aromatic nitrogens is 4. The van der Waals surface area contributed by atoms with Gasteiger partial charge in [-0.2, -0.15) is 14.9 Å². The van der Waals surface area contributed by atoms with Gasteiger partial charge in [-0.15, -0.1) is 11.3 Å². The molecule has 0 N–H and O–H groups in total. The highest BCUT2D eigenvalue weighted by atomic mass is 32.1. The smallest absolute Gasteiger partial charge is 0.267 e. The van der Waals surface area contributed by atoms with Crippen LogP contribution < -0.4 is 5.56 Å². The second-order valence-electron chi connectivity index (χ2n) is 7.36. The average Bonchev–Trinajstić information content (AvgIpc) is 3.26. The summed E-state index contributed by atoms with van der Waals surface area (Å²) in [4.78, 5) is 19.7. The van der Waals surface area contributed by atoms with Crippen molar-refractivity contribution in [2.75, 3.05) is 0 Å². The largest absolute Gasteiger partial charge is 0.282 e. The van der Waals surface area contributed by atoms with Gasteiger partial charge in [0.1, 0.15) is 11.2 Å². The maximum absolute atomic E-state index is 13.1. The Labute approximate surface area is 172 Å². The molecule has 0 spiro atoms. The monoisotopic (exact) mass is 403 g/mol. The van der Waals surface area contributed by atoms with Gasteiger partial charge in [0.05, 0.1) is 28.7 Å². The van der Waals surface area contributed by atoms with Crippen LogP contribution in [0.5, 0.6) is 0 Å². The quantitative estimate of drug-likeness (QED) is 0.485. The van der Waals surface area contributed by atoms with Crippen LogP contribution >= 0.6 is 11.3 Å². The lowest BCUT2D eigenvalue weighted by molar-refractivity contribution is 0.699. The van der Waals surface area contributed by atoms with Gasteiger partial charge in [-0.25, -0.2) is 9.67 Å². The molecule has 1 aliphatic carbocycles. The Morgan fingerprint density at radius 3 is 2.76 bits per heavy atom. The lowest BCUT2D eigenvalue weighted by atomic mass is 9.97. The summed E-state index contributed by atoms with van der Waals surface area (Å²) in [6.45, 7) is 3.96. The summed E-state index contributed by atoms with van der Waals surface area (Å²) in [6, 6.07) is 9.99. The van der Waals surface area contributed by atoms with Crippen LogP contribution in [0.15, 0.2) is 46.6 Å². The minimum atomic E-state index is -0.0867. The molecular formula is C22H21N5OS. The van der Waals surface area contributed by atoms with Gasteiger partial charge >= 0.3 is 0 Å². The van der Waals surface area contributed by atoms with Crippen molar-refractivity contribution in [1.29, 1.82) is 0 Å². The molecule has 1 aliphatic rings. The van der Waals surface area contributed by atoms with Crippen LogP contribution in [-0.2, 0) is 12.8 Å². The Morgan fingerprint density at radius 2 is 1.93 bits per heavy atom. The zero-order chi connectivity index (χ0) is 20.0. The fraction of sp³-hybridized carbons (Fsp3) is 0.273. The molecule has 1 aromatic carbocycles. The Morgan fingerprint density at radius 1 is 1.14 bits per heavy atom. The van der Waals surface area contributed by atoms with Crippen molar-refractivity contribution in [2.45, 2.75) is 39.5 Å².